The van der Waals surface area contributed by atoms with E-state index in [-0.39, 0.29) is 0 Å². The summed E-state index contributed by atoms with van der Waals surface area (Å²) in [7, 11) is 0. The molecule has 2 rings (SSSR count). The molecule has 20 heavy (non-hydrogen) atoms. The van der Waals surface area contributed by atoms with Gasteiger partial charge in [-0.1, -0.05) is 44.4 Å². The van der Waals surface area contributed by atoms with Crippen LogP contribution in [0.15, 0.2) is 24.3 Å². The van der Waals surface area contributed by atoms with Crippen molar-refractivity contribution >= 4 is 0 Å². The average Bonchev–Trinajstić information content (AvgIpc) is 2.37. The van der Waals surface area contributed by atoms with Gasteiger partial charge in [-0.2, -0.15) is 13.2 Å². The molecule has 1 aliphatic rings. The van der Waals surface area contributed by atoms with Gasteiger partial charge in [-0.25, -0.2) is 0 Å². The van der Waals surface area contributed by atoms with Crippen LogP contribution in [0.3, 0.4) is 0 Å². The van der Waals surface area contributed by atoms with E-state index in [9.17, 15) is 18.3 Å². The first-order chi connectivity index (χ1) is 9.32. The normalized spacial score (nSPS) is 27.6. The lowest BCUT2D eigenvalue weighted by atomic mass is 9.74. The minimum absolute atomic E-state index is 0.313. The third-order valence-electron chi connectivity index (χ3n) is 4.29. The lowest BCUT2D eigenvalue weighted by molar-refractivity contribution is -0.137. The fourth-order valence-electron chi connectivity index (χ4n) is 3.21. The number of hydrogen-bond acceptors (Lipinski definition) is 1. The van der Waals surface area contributed by atoms with E-state index in [1.165, 1.54) is 6.07 Å². The van der Waals surface area contributed by atoms with Crippen LogP contribution in [0.25, 0.3) is 0 Å². The third-order valence-corrected chi connectivity index (χ3v) is 4.29. The molecule has 1 nitrogen and oxygen atoms in total. The highest BCUT2D eigenvalue weighted by Crippen LogP contribution is 2.37. The second kappa shape index (κ2) is 5.76. The number of aliphatic hydroxyl groups is 1. The fourth-order valence-corrected chi connectivity index (χ4v) is 3.21. The highest BCUT2D eigenvalue weighted by atomic mass is 19.4. The quantitative estimate of drug-likeness (QED) is 0.862. The van der Waals surface area contributed by atoms with E-state index in [1.807, 2.05) is 0 Å². The van der Waals surface area contributed by atoms with Crippen molar-refractivity contribution in [2.24, 2.45) is 5.92 Å². The predicted molar refractivity (Wildman–Crippen MR) is 72.3 cm³/mol. The zero-order valence-electron chi connectivity index (χ0n) is 11.7. The summed E-state index contributed by atoms with van der Waals surface area (Å²) in [6.45, 7) is 2.10. The molecular formula is C16H21F3O. The summed E-state index contributed by atoms with van der Waals surface area (Å²) >= 11 is 0. The average molecular weight is 286 g/mol. The Labute approximate surface area is 117 Å². The zero-order valence-corrected chi connectivity index (χ0v) is 11.7. The molecule has 0 aliphatic heterocycles. The first kappa shape index (κ1) is 15.4. The van der Waals surface area contributed by atoms with Crippen LogP contribution in [0.5, 0.6) is 0 Å². The Morgan fingerprint density at radius 3 is 2.75 bits per heavy atom. The van der Waals surface area contributed by atoms with Gasteiger partial charge in [0.2, 0.25) is 0 Å². The molecule has 4 heteroatoms. The Bertz CT molecular complexity index is 455. The van der Waals surface area contributed by atoms with Crippen LogP contribution in [0.4, 0.5) is 13.2 Å². The van der Waals surface area contributed by atoms with E-state index < -0.39 is 17.3 Å². The largest absolute Gasteiger partial charge is 0.416 e. The molecule has 1 saturated carbocycles. The molecule has 2 atom stereocenters. The molecule has 1 aromatic carbocycles. The number of benzene rings is 1. The lowest BCUT2D eigenvalue weighted by Crippen LogP contribution is -2.37. The maximum Gasteiger partial charge on any atom is 0.416 e. The molecule has 2 unspecified atom stereocenters. The van der Waals surface area contributed by atoms with Crippen molar-refractivity contribution in [3.05, 3.63) is 35.4 Å². The van der Waals surface area contributed by atoms with Gasteiger partial charge < -0.3 is 5.11 Å². The SMILES string of the molecule is CCC1CCCC(O)(Cc2cccc(C(F)(F)F)c2)C1. The lowest BCUT2D eigenvalue weighted by Gasteiger charge is -2.37. The molecule has 0 amide bonds. The second-order valence-corrected chi connectivity index (χ2v) is 5.97. The second-order valence-electron chi connectivity index (χ2n) is 5.97. The summed E-state index contributed by atoms with van der Waals surface area (Å²) in [5.41, 5.74) is -0.913. The van der Waals surface area contributed by atoms with Crippen LogP contribution >= 0.6 is 0 Å². The van der Waals surface area contributed by atoms with Gasteiger partial charge in [-0.3, -0.25) is 0 Å². The smallest absolute Gasteiger partial charge is 0.390 e. The van der Waals surface area contributed by atoms with Crippen molar-refractivity contribution in [3.63, 3.8) is 0 Å². The topological polar surface area (TPSA) is 20.2 Å². The van der Waals surface area contributed by atoms with Crippen molar-refractivity contribution < 1.29 is 18.3 Å². The van der Waals surface area contributed by atoms with Gasteiger partial charge in [0, 0.05) is 6.42 Å². The Morgan fingerprint density at radius 2 is 2.10 bits per heavy atom. The molecule has 1 fully saturated rings. The molecule has 0 bridgehead atoms. The van der Waals surface area contributed by atoms with Gasteiger partial charge in [0.25, 0.3) is 0 Å². The van der Waals surface area contributed by atoms with E-state index >= 15 is 0 Å². The highest BCUT2D eigenvalue weighted by Gasteiger charge is 2.35. The number of hydrogen-bond donors (Lipinski definition) is 1. The van der Waals surface area contributed by atoms with Crippen molar-refractivity contribution in [2.75, 3.05) is 0 Å². The van der Waals surface area contributed by atoms with E-state index in [0.29, 0.717) is 30.7 Å². The predicted octanol–water partition coefficient (Wildman–Crippen LogP) is 4.58. The Balaban J connectivity index is 2.13. The van der Waals surface area contributed by atoms with Gasteiger partial charge >= 0.3 is 6.18 Å². The summed E-state index contributed by atoms with van der Waals surface area (Å²) in [4.78, 5) is 0. The fraction of sp³-hybridized carbons (Fsp3) is 0.625. The van der Waals surface area contributed by atoms with E-state index in [0.717, 1.165) is 31.4 Å². The van der Waals surface area contributed by atoms with Crippen LogP contribution < -0.4 is 0 Å². The van der Waals surface area contributed by atoms with Gasteiger partial charge in [0.15, 0.2) is 0 Å². The van der Waals surface area contributed by atoms with Crippen molar-refractivity contribution in [1.29, 1.82) is 0 Å². The summed E-state index contributed by atoms with van der Waals surface area (Å²) in [5.74, 6) is 0.486. The third kappa shape index (κ3) is 3.75. The van der Waals surface area contributed by atoms with Gasteiger partial charge in [-0.15, -0.1) is 0 Å². The maximum absolute atomic E-state index is 12.7. The maximum atomic E-state index is 12.7. The van der Waals surface area contributed by atoms with Crippen molar-refractivity contribution in [3.8, 4) is 0 Å². The Morgan fingerprint density at radius 1 is 1.35 bits per heavy atom. The highest BCUT2D eigenvalue weighted by molar-refractivity contribution is 5.27. The minimum Gasteiger partial charge on any atom is -0.390 e. The van der Waals surface area contributed by atoms with Crippen molar-refractivity contribution in [2.45, 2.75) is 57.2 Å². The molecule has 0 spiro atoms. The standard InChI is InChI=1S/C16H21F3O/c1-2-12-6-4-8-15(20,10-12)11-13-5-3-7-14(9-13)16(17,18)19/h3,5,7,9,12,20H,2,4,6,8,10-11H2,1H3. The van der Waals surface area contributed by atoms with Crippen LogP contribution in [-0.4, -0.2) is 10.7 Å². The molecule has 0 heterocycles. The monoisotopic (exact) mass is 286 g/mol. The summed E-state index contributed by atoms with van der Waals surface area (Å²) in [6.07, 6.45) is 0.449. The summed E-state index contributed by atoms with van der Waals surface area (Å²) in [5, 5.41) is 10.6. The first-order valence-electron chi connectivity index (χ1n) is 7.21. The van der Waals surface area contributed by atoms with Crippen LogP contribution in [-0.2, 0) is 12.6 Å². The number of rotatable bonds is 3. The van der Waals surface area contributed by atoms with Gasteiger partial charge in [0.1, 0.15) is 0 Å². The molecule has 1 N–H and O–H groups in total. The first-order valence-corrected chi connectivity index (χ1v) is 7.21. The zero-order chi connectivity index (χ0) is 14.8. The van der Waals surface area contributed by atoms with Gasteiger partial charge in [0.05, 0.1) is 11.2 Å². The van der Waals surface area contributed by atoms with Crippen LogP contribution in [0, 0.1) is 5.92 Å². The van der Waals surface area contributed by atoms with Gasteiger partial charge in [-0.05, 0) is 30.4 Å². The summed E-state index contributed by atoms with van der Waals surface area (Å²) in [6, 6.07) is 5.32. The molecule has 112 valence electrons. The molecule has 0 aromatic heterocycles. The Hall–Kier alpha value is -1.03. The van der Waals surface area contributed by atoms with Crippen molar-refractivity contribution in [1.82, 2.24) is 0 Å². The molecule has 0 saturated heterocycles. The van der Waals surface area contributed by atoms with E-state index in [4.69, 9.17) is 0 Å². The molecular weight excluding hydrogens is 265 g/mol. The van der Waals surface area contributed by atoms with Crippen LogP contribution in [0.2, 0.25) is 0 Å². The molecule has 1 aromatic rings. The van der Waals surface area contributed by atoms with Crippen LogP contribution in [0.1, 0.15) is 50.2 Å². The van der Waals surface area contributed by atoms with E-state index in [2.05, 4.69) is 6.92 Å². The molecule has 0 radical (unpaired) electrons. The van der Waals surface area contributed by atoms with E-state index in [1.54, 1.807) is 6.07 Å². The summed E-state index contributed by atoms with van der Waals surface area (Å²) < 4.78 is 38.1. The Kier molecular flexibility index (Phi) is 4.43. The minimum atomic E-state index is -4.32. The number of halogens is 3. The molecule has 1 aliphatic carbocycles. The number of alkyl halides is 3.